The molecule has 7 rings (SSSR count). The van der Waals surface area contributed by atoms with Crippen molar-refractivity contribution in [3.8, 4) is 23.0 Å². The van der Waals surface area contributed by atoms with E-state index in [1.165, 1.54) is 30.0 Å². The number of carbonyl (C=O) groups excluding carboxylic acids is 4. The van der Waals surface area contributed by atoms with E-state index in [4.69, 9.17) is 47.9 Å². The number of amides is 3. The number of esters is 1. The Kier molecular flexibility index (Phi) is 20.1. The highest BCUT2D eigenvalue weighted by Gasteiger charge is 2.36. The molecule has 1 N–H and O–H groups in total. The van der Waals surface area contributed by atoms with Crippen LogP contribution in [0.5, 0.6) is 23.0 Å². The van der Waals surface area contributed by atoms with E-state index < -0.39 is 4.75 Å². The maximum absolute atomic E-state index is 13.8. The molecular weight excluding hydrogens is 971 g/mol. The summed E-state index contributed by atoms with van der Waals surface area (Å²) < 4.78 is 50.6. The van der Waals surface area contributed by atoms with E-state index in [0.717, 1.165) is 29.5 Å². The fourth-order valence-corrected chi connectivity index (χ4v) is 9.67. The van der Waals surface area contributed by atoms with Crippen molar-refractivity contribution in [2.75, 3.05) is 99.6 Å². The van der Waals surface area contributed by atoms with Gasteiger partial charge in [-0.25, -0.2) is 0 Å². The van der Waals surface area contributed by atoms with Crippen molar-refractivity contribution in [2.45, 2.75) is 77.0 Å². The monoisotopic (exact) mass is 1040 g/mol. The largest absolute Gasteiger partial charge is 0.493 e. The Morgan fingerprint density at radius 1 is 0.662 bits per heavy atom. The third-order valence-corrected chi connectivity index (χ3v) is 14.5. The van der Waals surface area contributed by atoms with Gasteiger partial charge in [-0.1, -0.05) is 35.4 Å². The van der Waals surface area contributed by atoms with Gasteiger partial charge in [0.25, 0.3) is 11.8 Å². The minimum atomic E-state index is -0.550. The average molecular weight is 1040 g/mol. The predicted molar refractivity (Wildman–Crippen MR) is 282 cm³/mol. The van der Waals surface area contributed by atoms with E-state index in [2.05, 4.69) is 48.2 Å². The van der Waals surface area contributed by atoms with Crippen molar-refractivity contribution in [3.63, 3.8) is 0 Å². The van der Waals surface area contributed by atoms with Gasteiger partial charge >= 0.3 is 5.97 Å². The third-order valence-electron chi connectivity index (χ3n) is 13.1. The smallest absolute Gasteiger partial charge is 0.307 e. The van der Waals surface area contributed by atoms with Crippen molar-refractivity contribution in [1.82, 2.24) is 15.1 Å². The molecule has 1 unspecified atom stereocenters. The van der Waals surface area contributed by atoms with Crippen LogP contribution in [0, 0.1) is 0 Å². The van der Waals surface area contributed by atoms with Crippen molar-refractivity contribution >= 4 is 59.3 Å². The van der Waals surface area contributed by atoms with E-state index in [1.807, 2.05) is 42.1 Å². The molecule has 2 atom stereocenters. The number of allylic oxidation sites excluding steroid dienone is 2. The molecule has 0 bridgehead atoms. The highest BCUT2D eigenvalue weighted by atomic mass is 32.2. The number of carbonyl (C=O) groups is 4. The summed E-state index contributed by atoms with van der Waals surface area (Å²) in [6.07, 6.45) is 9.49. The van der Waals surface area contributed by atoms with Gasteiger partial charge in [-0.15, -0.1) is 11.8 Å². The summed E-state index contributed by atoms with van der Waals surface area (Å²) in [5, 5.41) is 2.95. The second-order valence-electron chi connectivity index (χ2n) is 18.4. The zero-order chi connectivity index (χ0) is 52.6. The van der Waals surface area contributed by atoms with Crippen LogP contribution in [0.4, 0.5) is 11.4 Å². The normalized spacial score (nSPS) is 17.9. The summed E-state index contributed by atoms with van der Waals surface area (Å²) in [4.78, 5) is 64.9. The van der Waals surface area contributed by atoms with Crippen LogP contribution >= 0.6 is 11.8 Å². The molecule has 3 aromatic rings. The molecule has 0 radical (unpaired) electrons. The first-order valence-electron chi connectivity index (χ1n) is 24.9. The van der Waals surface area contributed by atoms with Crippen molar-refractivity contribution in [2.24, 2.45) is 9.98 Å². The fraction of sp³-hybridized carbons (Fsp3) is 0.491. The predicted octanol–water partition coefficient (Wildman–Crippen LogP) is 7.33. The summed E-state index contributed by atoms with van der Waals surface area (Å²) in [7, 11) is 4.43. The van der Waals surface area contributed by atoms with Crippen LogP contribution in [0.3, 0.4) is 0 Å². The summed E-state index contributed by atoms with van der Waals surface area (Å²) in [6, 6.07) is 12.8. The van der Waals surface area contributed by atoms with Gasteiger partial charge in [0.1, 0.15) is 13.2 Å². The van der Waals surface area contributed by atoms with E-state index in [9.17, 15) is 19.2 Å². The lowest BCUT2D eigenvalue weighted by atomic mass is 9.97. The summed E-state index contributed by atoms with van der Waals surface area (Å²) in [6.45, 7) is 12.8. The fourth-order valence-electron chi connectivity index (χ4n) is 8.79. The van der Waals surface area contributed by atoms with Crippen LogP contribution in [-0.2, 0) is 51.2 Å². The van der Waals surface area contributed by atoms with Crippen molar-refractivity contribution in [3.05, 3.63) is 93.6 Å². The molecule has 0 saturated carbocycles. The quantitative estimate of drug-likeness (QED) is 0.0453. The minimum Gasteiger partial charge on any atom is -0.493 e. The first-order valence-corrected chi connectivity index (χ1v) is 25.9. The Labute approximate surface area is 437 Å². The van der Waals surface area contributed by atoms with E-state index in [1.54, 1.807) is 38.5 Å². The van der Waals surface area contributed by atoms with Crippen LogP contribution in [0.15, 0.2) is 75.7 Å². The lowest BCUT2D eigenvalue weighted by molar-refractivity contribution is -0.142. The van der Waals surface area contributed by atoms with Gasteiger partial charge in [0, 0.05) is 48.9 Å². The van der Waals surface area contributed by atoms with Crippen LogP contribution < -0.4 is 24.3 Å². The first-order chi connectivity index (χ1) is 35.8. The SMILES string of the molecule is C/C=C1\CC2C=Nc3cc(OCc4cc(COc5cc6c(cc5OC)C(=O)N5C/C(=C/C)C[C@H]5C=N6)cc(C(C)(C)SCC(=O)NCCOCCOCCOCCOCCC(=O)OC)c4)c(OC)cc3C(=O)N2C1. The molecule has 2 saturated heterocycles. The Bertz CT molecular complexity index is 2480. The molecule has 19 heteroatoms. The van der Waals surface area contributed by atoms with Crippen LogP contribution in [0.2, 0.25) is 0 Å². The highest BCUT2D eigenvalue weighted by molar-refractivity contribution is 8.00. The lowest BCUT2D eigenvalue weighted by Gasteiger charge is -2.26. The second kappa shape index (κ2) is 26.8. The summed E-state index contributed by atoms with van der Waals surface area (Å²) in [5.74, 6) is 1.22. The number of aliphatic imine (C=N–C) groups is 2. The highest BCUT2D eigenvalue weighted by Crippen LogP contribution is 2.42. The minimum absolute atomic E-state index is 0.105. The van der Waals surface area contributed by atoms with Gasteiger partial charge < -0.3 is 57.7 Å². The zero-order valence-corrected chi connectivity index (χ0v) is 44.3. The Morgan fingerprint density at radius 3 is 1.59 bits per heavy atom. The number of ether oxygens (including phenoxy) is 9. The number of nitrogens with zero attached hydrogens (tertiary/aromatic N) is 4. The Hall–Kier alpha value is -6.25. The molecule has 18 nitrogen and oxygen atoms in total. The van der Waals surface area contributed by atoms with E-state index in [0.29, 0.717) is 111 Å². The van der Waals surface area contributed by atoms with Gasteiger partial charge in [-0.3, -0.25) is 29.2 Å². The number of methoxy groups -OCH3 is 3. The molecule has 4 aliphatic heterocycles. The molecule has 2 fully saturated rings. The van der Waals surface area contributed by atoms with Gasteiger partial charge in [-0.05, 0) is 75.4 Å². The molecule has 0 spiro atoms. The average Bonchev–Trinajstić information content (AvgIpc) is 3.98. The summed E-state index contributed by atoms with van der Waals surface area (Å²) >= 11 is 1.50. The lowest BCUT2D eigenvalue weighted by Crippen LogP contribution is -2.35. The number of hydrogen-bond acceptors (Lipinski definition) is 16. The van der Waals surface area contributed by atoms with Crippen molar-refractivity contribution in [1.29, 1.82) is 0 Å². The second-order valence-corrected chi connectivity index (χ2v) is 20.0. The van der Waals surface area contributed by atoms with Crippen LogP contribution in [-0.4, -0.2) is 158 Å². The molecule has 74 heavy (non-hydrogen) atoms. The van der Waals surface area contributed by atoms with Gasteiger partial charge in [0.15, 0.2) is 23.0 Å². The molecule has 4 aliphatic rings. The molecule has 4 heterocycles. The maximum atomic E-state index is 13.8. The van der Waals surface area contributed by atoms with Crippen LogP contribution in [0.25, 0.3) is 0 Å². The van der Waals surface area contributed by atoms with Gasteiger partial charge in [0.05, 0.1) is 121 Å². The van der Waals surface area contributed by atoms with Crippen molar-refractivity contribution < 1.29 is 61.8 Å². The molecule has 3 amide bonds. The van der Waals surface area contributed by atoms with Crippen LogP contribution in [0.1, 0.15) is 84.4 Å². The number of fused-ring (bicyclic) bond motifs is 4. The molecule has 3 aromatic carbocycles. The number of nitrogens with one attached hydrogen (secondary N) is 1. The molecule has 0 aromatic heterocycles. The molecule has 398 valence electrons. The standard InChI is InChI=1S/C55H69N5O13S/c1-8-36-23-41-29-57-45-27-49(47(65-5)25-43(45)53(63)59(41)31-36)72-33-38-20-39(34-73-50-28-46-44(26-48(50)66-6)54(64)60-32-37(9-2)24-42(60)30-58-46)22-40(21-38)55(3,4)74-35-51(61)56-11-13-69-15-17-71-19-18-70-16-14-68-12-10-52(62)67-7/h8-9,20-22,25-30,41-42H,10-19,23-24,31-35H2,1-7H3,(H,56,61)/b36-8+,37-9+/t41-,42?/m0/s1. The number of rotatable bonds is 27. The molecular formula is C55H69N5O13S. The van der Waals surface area contributed by atoms with E-state index in [-0.39, 0.29) is 67.8 Å². The third kappa shape index (κ3) is 14.5. The van der Waals surface area contributed by atoms with Gasteiger partial charge in [-0.2, -0.15) is 0 Å². The maximum Gasteiger partial charge on any atom is 0.307 e. The Morgan fingerprint density at radius 2 is 1.14 bits per heavy atom. The first kappa shape index (κ1) is 55.5. The topological polar surface area (TPSA) is 195 Å². The molecule has 0 aliphatic carbocycles. The van der Waals surface area contributed by atoms with Gasteiger partial charge in [0.2, 0.25) is 5.91 Å². The number of thioether (sulfide) groups is 1. The summed E-state index contributed by atoms with van der Waals surface area (Å²) in [5.41, 5.74) is 6.91. The number of hydrogen-bond donors (Lipinski definition) is 1. The zero-order valence-electron chi connectivity index (χ0n) is 43.5. The number of benzene rings is 3. The Balaban J connectivity index is 0.982. The van der Waals surface area contributed by atoms with E-state index >= 15 is 0 Å².